The van der Waals surface area contributed by atoms with E-state index >= 15 is 0 Å². The molecule has 0 unspecified atom stereocenters. The molecule has 0 bridgehead atoms. The van der Waals surface area contributed by atoms with Gasteiger partial charge in [-0.3, -0.25) is 9.78 Å². The minimum Gasteiger partial charge on any atom is -0.314 e. The van der Waals surface area contributed by atoms with Gasteiger partial charge >= 0.3 is 5.69 Å². The van der Waals surface area contributed by atoms with Crippen LogP contribution in [-0.4, -0.2) is 9.97 Å². The fourth-order valence-electron chi connectivity index (χ4n) is 0.383. The fourth-order valence-corrected chi connectivity index (χ4v) is 0.383. The van der Waals surface area contributed by atoms with Crippen molar-refractivity contribution in [2.45, 2.75) is 0 Å². The van der Waals surface area contributed by atoms with E-state index < -0.39 is 5.69 Å². The van der Waals surface area contributed by atoms with E-state index in [1.807, 2.05) is 4.98 Å². The van der Waals surface area contributed by atoms with Crippen molar-refractivity contribution >= 4 is 0 Å². The second kappa shape index (κ2) is 1.65. The molecule has 0 aliphatic heterocycles. The molecule has 0 aliphatic rings. The summed E-state index contributed by atoms with van der Waals surface area (Å²) in [5, 5.41) is 0. The Morgan fingerprint density at radius 3 is 2.50 bits per heavy atom. The van der Waals surface area contributed by atoms with Crippen LogP contribution in [-0.2, 0) is 0 Å². The molecule has 42 valence electrons. The highest BCUT2D eigenvalue weighted by Crippen LogP contribution is 1.51. The third-order valence-electron chi connectivity index (χ3n) is 0.686. The molecular weight excluding hydrogens is 116 g/mol. The highest BCUT2D eigenvalue weighted by atomic mass is 16.4. The zero-order chi connectivity index (χ0) is 5.98. The van der Waals surface area contributed by atoms with Gasteiger partial charge in [-0.15, -0.1) is 0 Å². The first kappa shape index (κ1) is 4.83. The lowest BCUT2D eigenvalue weighted by Gasteiger charge is -1.75. The zero-order valence-corrected chi connectivity index (χ0v) is 3.97. The SMILES string of the molecule is O=[14c]1[14cH][14cH][nH][14c](=O)[nH]1. The molecule has 0 atom stereocenters. The van der Waals surface area contributed by atoms with Gasteiger partial charge < -0.3 is 4.98 Å². The highest BCUT2D eigenvalue weighted by molar-refractivity contribution is 4.77. The molecule has 0 saturated heterocycles. The van der Waals surface area contributed by atoms with Crippen molar-refractivity contribution in [2.75, 3.05) is 0 Å². The van der Waals surface area contributed by atoms with Crippen molar-refractivity contribution in [2.24, 2.45) is 0 Å². The van der Waals surface area contributed by atoms with Gasteiger partial charge in [-0.05, 0) is 0 Å². The molecule has 0 aliphatic carbocycles. The molecule has 0 radical (unpaired) electrons. The number of aromatic nitrogens is 2. The predicted molar refractivity (Wildman–Crippen MR) is 27.7 cm³/mol. The molecule has 1 aromatic heterocycles. The second-order valence-electron chi connectivity index (χ2n) is 1.30. The number of H-pyrrole nitrogens is 2. The smallest absolute Gasteiger partial charge is 0.314 e. The van der Waals surface area contributed by atoms with E-state index in [9.17, 15) is 9.59 Å². The van der Waals surface area contributed by atoms with Crippen LogP contribution in [0.5, 0.6) is 0 Å². The van der Waals surface area contributed by atoms with Gasteiger partial charge in [0.15, 0.2) is 0 Å². The Morgan fingerprint density at radius 2 is 2.12 bits per heavy atom. The van der Waals surface area contributed by atoms with Crippen molar-refractivity contribution in [1.29, 1.82) is 0 Å². The maximum Gasteiger partial charge on any atom is 0.325 e. The summed E-state index contributed by atoms with van der Waals surface area (Å²) in [6.07, 6.45) is 1.29. The lowest BCUT2D eigenvalue weighted by atomic mass is 12.3. The van der Waals surface area contributed by atoms with Crippen LogP contribution in [0.2, 0.25) is 0 Å². The van der Waals surface area contributed by atoms with Crippen molar-refractivity contribution in [3.05, 3.63) is 33.1 Å². The lowest BCUT2D eigenvalue weighted by molar-refractivity contribution is 1.04. The average Bonchev–Trinajstić information content (AvgIpc) is 1.64. The second-order valence-corrected chi connectivity index (χ2v) is 1.30. The normalized spacial score (nSPS) is 9.00. The van der Waals surface area contributed by atoms with Crippen molar-refractivity contribution in [3.8, 4) is 0 Å². The summed E-state index contributed by atoms with van der Waals surface area (Å²) >= 11 is 0. The molecule has 0 aromatic carbocycles. The number of aromatic amines is 2. The van der Waals surface area contributed by atoms with E-state index in [0.717, 1.165) is 0 Å². The summed E-state index contributed by atoms with van der Waals surface area (Å²) < 4.78 is 0. The van der Waals surface area contributed by atoms with Gasteiger partial charge in [-0.1, -0.05) is 0 Å². The number of rotatable bonds is 0. The Morgan fingerprint density at radius 1 is 1.38 bits per heavy atom. The largest absolute Gasteiger partial charge is 0.325 e. The Bertz CT molecular complexity index is 246. The van der Waals surface area contributed by atoms with Crippen molar-refractivity contribution in [1.82, 2.24) is 9.97 Å². The van der Waals surface area contributed by atoms with E-state index in [2.05, 4.69) is 4.98 Å². The van der Waals surface area contributed by atoms with Crippen LogP contribution in [0.1, 0.15) is 0 Å². The molecule has 4 heteroatoms. The van der Waals surface area contributed by atoms with Crippen LogP contribution in [0, 0.1) is 0 Å². The quantitative estimate of drug-likeness (QED) is 0.464. The van der Waals surface area contributed by atoms with Gasteiger partial charge in [-0.2, -0.15) is 0 Å². The van der Waals surface area contributed by atoms with Crippen LogP contribution < -0.4 is 11.2 Å². The summed E-state index contributed by atoms with van der Waals surface area (Å²) in [7, 11) is 0. The maximum atomic E-state index is 10.2. The van der Waals surface area contributed by atoms with Gasteiger partial charge in [0, 0.05) is 12.3 Å². The van der Waals surface area contributed by atoms with E-state index in [0.29, 0.717) is 0 Å². The standard InChI is InChI=1S/C4H4N2O2/c7-3-1-2-5-4(8)6-3/h1-2H,(H2,5,6,7,8)/i1+2,2+2,3+2,4+2. The topological polar surface area (TPSA) is 65.7 Å². The lowest BCUT2D eigenvalue weighted by Crippen LogP contribution is -2.19. The Hall–Kier alpha value is -1.32. The molecule has 1 heterocycles. The number of hydrogen-bond donors (Lipinski definition) is 2. The molecule has 1 rings (SSSR count). The third-order valence-corrected chi connectivity index (χ3v) is 0.686. The number of nitrogens with one attached hydrogen (secondary N) is 2. The molecule has 0 spiro atoms. The third kappa shape index (κ3) is 0.841. The van der Waals surface area contributed by atoms with Gasteiger partial charge in [-0.25, -0.2) is 4.79 Å². The molecule has 8 heavy (non-hydrogen) atoms. The monoisotopic (exact) mass is 120 g/mol. The van der Waals surface area contributed by atoms with E-state index in [-0.39, 0.29) is 5.56 Å². The predicted octanol–water partition coefficient (Wildman–Crippen LogP) is -0.937. The average molecular weight is 120 g/mol. The molecule has 2 N–H and O–H groups in total. The van der Waals surface area contributed by atoms with Crippen molar-refractivity contribution in [3.63, 3.8) is 0 Å². The van der Waals surface area contributed by atoms with Gasteiger partial charge in [0.2, 0.25) is 0 Å². The Balaban J connectivity index is 3.50. The van der Waals surface area contributed by atoms with Crippen molar-refractivity contribution < 1.29 is 0 Å². The Labute approximate surface area is 44.2 Å². The molecule has 4 nitrogen and oxygen atoms in total. The number of hydrogen-bond acceptors (Lipinski definition) is 2. The van der Waals surface area contributed by atoms with Crippen LogP contribution in [0.4, 0.5) is 0 Å². The van der Waals surface area contributed by atoms with Crippen LogP contribution in [0.3, 0.4) is 0 Å². The summed E-state index contributed by atoms with van der Waals surface area (Å²) in [4.78, 5) is 24.7. The molecule has 0 saturated carbocycles. The molecule has 0 amide bonds. The van der Waals surface area contributed by atoms with Crippen LogP contribution in [0.25, 0.3) is 0 Å². The Kier molecular flexibility index (Phi) is 0.997. The first-order valence-corrected chi connectivity index (χ1v) is 2.07. The minimum absolute atomic E-state index is 0.381. The highest BCUT2D eigenvalue weighted by Gasteiger charge is 1.77. The molecular formula is C4H4N2O2. The van der Waals surface area contributed by atoms with E-state index in [1.54, 1.807) is 0 Å². The van der Waals surface area contributed by atoms with Gasteiger partial charge in [0.05, 0.1) is 0 Å². The first-order chi connectivity index (χ1) is 3.79. The summed E-state index contributed by atoms with van der Waals surface area (Å²) in [6.45, 7) is 0. The molecule has 0 fully saturated rings. The summed E-state index contributed by atoms with van der Waals surface area (Å²) in [6, 6.07) is 1.24. The minimum atomic E-state index is -0.475. The van der Waals surface area contributed by atoms with Gasteiger partial charge in [0.25, 0.3) is 5.56 Å². The van der Waals surface area contributed by atoms with Gasteiger partial charge in [0.1, 0.15) is 0 Å². The summed E-state index contributed by atoms with van der Waals surface area (Å²) in [5.41, 5.74) is -0.855. The van der Waals surface area contributed by atoms with E-state index in [4.69, 9.17) is 0 Å². The first-order valence-electron chi connectivity index (χ1n) is 2.07. The molecule has 1 aromatic rings. The van der Waals surface area contributed by atoms with E-state index in [1.165, 1.54) is 12.3 Å². The zero-order valence-electron chi connectivity index (χ0n) is 3.97. The van der Waals surface area contributed by atoms with Crippen LogP contribution >= 0.6 is 0 Å². The summed E-state index contributed by atoms with van der Waals surface area (Å²) in [5.74, 6) is 0. The fraction of sp³-hybridized carbons (Fsp3) is 0. The maximum absolute atomic E-state index is 10.2. The van der Waals surface area contributed by atoms with Crippen LogP contribution in [0.15, 0.2) is 21.9 Å².